The number of rotatable bonds is 7. The van der Waals surface area contributed by atoms with Gasteiger partial charge >= 0.3 is 0 Å². The summed E-state index contributed by atoms with van der Waals surface area (Å²) < 4.78 is 5.38. The standard InChI is InChI=1S/C23H27N3O/c1-17-5-6-21-19(15-17)16-18(9-14-26-12-3-4-13-26)20(21)7-8-22-23(27-2)25-11-10-24-22/h3-6,10-11,15H,7-9,12-14,16H2,1-2H3. The predicted octanol–water partition coefficient (Wildman–Crippen LogP) is 4.00. The van der Waals surface area contributed by atoms with Crippen molar-refractivity contribution < 1.29 is 4.74 Å². The molecule has 2 heterocycles. The Hall–Kier alpha value is -2.46. The van der Waals surface area contributed by atoms with E-state index in [0.717, 1.165) is 51.0 Å². The van der Waals surface area contributed by atoms with Crippen LogP contribution in [0.5, 0.6) is 5.88 Å². The summed E-state index contributed by atoms with van der Waals surface area (Å²) in [5, 5.41) is 0. The van der Waals surface area contributed by atoms with E-state index in [-0.39, 0.29) is 0 Å². The number of methoxy groups -OCH3 is 1. The minimum Gasteiger partial charge on any atom is -0.480 e. The summed E-state index contributed by atoms with van der Waals surface area (Å²) in [7, 11) is 1.66. The lowest BCUT2D eigenvalue weighted by atomic mass is 9.98. The molecule has 2 aliphatic rings. The van der Waals surface area contributed by atoms with E-state index in [4.69, 9.17) is 4.74 Å². The first-order chi connectivity index (χ1) is 13.2. The molecule has 0 spiro atoms. The maximum Gasteiger partial charge on any atom is 0.235 e. The molecule has 0 saturated heterocycles. The maximum atomic E-state index is 5.38. The Morgan fingerprint density at radius 1 is 1.04 bits per heavy atom. The van der Waals surface area contributed by atoms with Crippen molar-refractivity contribution in [3.8, 4) is 5.88 Å². The first-order valence-electron chi connectivity index (χ1n) is 9.76. The summed E-state index contributed by atoms with van der Waals surface area (Å²) in [6.07, 6.45) is 12.0. The predicted molar refractivity (Wildman–Crippen MR) is 109 cm³/mol. The van der Waals surface area contributed by atoms with E-state index in [1.807, 2.05) is 0 Å². The van der Waals surface area contributed by atoms with Gasteiger partial charge in [0.05, 0.1) is 7.11 Å². The van der Waals surface area contributed by atoms with Crippen molar-refractivity contribution in [3.63, 3.8) is 0 Å². The van der Waals surface area contributed by atoms with Crippen LogP contribution in [0, 0.1) is 6.92 Å². The highest BCUT2D eigenvalue weighted by Gasteiger charge is 2.22. The molecule has 27 heavy (non-hydrogen) atoms. The van der Waals surface area contributed by atoms with Crippen LogP contribution < -0.4 is 4.74 Å². The molecule has 4 nitrogen and oxygen atoms in total. The summed E-state index contributed by atoms with van der Waals surface area (Å²) in [6.45, 7) is 5.49. The van der Waals surface area contributed by atoms with Crippen LogP contribution in [0.1, 0.15) is 35.2 Å². The van der Waals surface area contributed by atoms with E-state index in [1.54, 1.807) is 25.1 Å². The van der Waals surface area contributed by atoms with Crippen molar-refractivity contribution in [2.45, 2.75) is 32.6 Å². The molecule has 1 aromatic heterocycles. The number of nitrogens with zero attached hydrogens (tertiary/aromatic N) is 3. The number of aryl methyl sites for hydroxylation is 2. The molecule has 0 bridgehead atoms. The van der Waals surface area contributed by atoms with Gasteiger partial charge in [-0.05, 0) is 49.3 Å². The largest absolute Gasteiger partial charge is 0.480 e. The van der Waals surface area contributed by atoms with Crippen molar-refractivity contribution in [1.82, 2.24) is 14.9 Å². The Morgan fingerprint density at radius 3 is 2.67 bits per heavy atom. The molecule has 4 rings (SSSR count). The van der Waals surface area contributed by atoms with Gasteiger partial charge in [-0.3, -0.25) is 9.88 Å². The number of fused-ring (bicyclic) bond motifs is 1. The molecule has 1 aliphatic carbocycles. The lowest BCUT2D eigenvalue weighted by Crippen LogP contribution is -2.21. The average Bonchev–Trinajstić information content (AvgIpc) is 3.32. The van der Waals surface area contributed by atoms with Crippen LogP contribution in [0.2, 0.25) is 0 Å². The number of aromatic nitrogens is 2. The van der Waals surface area contributed by atoms with Gasteiger partial charge in [-0.1, -0.05) is 41.5 Å². The summed E-state index contributed by atoms with van der Waals surface area (Å²) in [6, 6.07) is 6.88. The van der Waals surface area contributed by atoms with Crippen molar-refractivity contribution in [2.24, 2.45) is 0 Å². The molecule has 1 aromatic carbocycles. The Kier molecular flexibility index (Phi) is 5.35. The Bertz CT molecular complexity index is 877. The number of hydrogen-bond donors (Lipinski definition) is 0. The third-order valence-corrected chi connectivity index (χ3v) is 5.58. The molecule has 1 aliphatic heterocycles. The lowest BCUT2D eigenvalue weighted by molar-refractivity contribution is 0.356. The second-order valence-corrected chi connectivity index (χ2v) is 7.41. The van der Waals surface area contributed by atoms with Gasteiger partial charge in [0.1, 0.15) is 5.69 Å². The summed E-state index contributed by atoms with van der Waals surface area (Å²) in [5.74, 6) is 0.643. The van der Waals surface area contributed by atoms with Crippen molar-refractivity contribution in [2.75, 3.05) is 26.7 Å². The van der Waals surface area contributed by atoms with E-state index in [1.165, 1.54) is 22.3 Å². The molecule has 4 heteroatoms. The van der Waals surface area contributed by atoms with Crippen LogP contribution in [0.4, 0.5) is 0 Å². The number of hydrogen-bond acceptors (Lipinski definition) is 4. The van der Waals surface area contributed by atoms with E-state index < -0.39 is 0 Å². The van der Waals surface area contributed by atoms with E-state index in [9.17, 15) is 0 Å². The SMILES string of the molecule is COc1nccnc1CCC1=C(CCN2CC=CC2)Cc2cc(C)ccc21. The fraction of sp³-hybridized carbons (Fsp3) is 0.391. The molecule has 0 amide bonds. The summed E-state index contributed by atoms with van der Waals surface area (Å²) in [5.41, 5.74) is 8.28. The number of ether oxygens (including phenoxy) is 1. The van der Waals surface area contributed by atoms with Gasteiger partial charge < -0.3 is 4.74 Å². The van der Waals surface area contributed by atoms with Crippen LogP contribution >= 0.6 is 0 Å². The minimum absolute atomic E-state index is 0.643. The molecule has 2 aromatic rings. The Labute approximate surface area is 161 Å². The van der Waals surface area contributed by atoms with Gasteiger partial charge in [-0.25, -0.2) is 4.98 Å². The quantitative estimate of drug-likeness (QED) is 0.699. The molecule has 0 radical (unpaired) electrons. The lowest BCUT2D eigenvalue weighted by Gasteiger charge is -2.16. The van der Waals surface area contributed by atoms with Gasteiger partial charge in [0, 0.05) is 32.0 Å². The molecular formula is C23H27N3O. The van der Waals surface area contributed by atoms with Gasteiger partial charge in [0.15, 0.2) is 0 Å². The fourth-order valence-electron chi connectivity index (χ4n) is 4.18. The zero-order valence-electron chi connectivity index (χ0n) is 16.2. The van der Waals surface area contributed by atoms with Crippen LogP contribution in [0.3, 0.4) is 0 Å². The summed E-state index contributed by atoms with van der Waals surface area (Å²) >= 11 is 0. The smallest absolute Gasteiger partial charge is 0.235 e. The maximum absolute atomic E-state index is 5.38. The van der Waals surface area contributed by atoms with Crippen LogP contribution in [-0.4, -0.2) is 41.6 Å². The van der Waals surface area contributed by atoms with E-state index in [0.29, 0.717) is 5.88 Å². The van der Waals surface area contributed by atoms with E-state index in [2.05, 4.69) is 52.1 Å². The third-order valence-electron chi connectivity index (χ3n) is 5.58. The first kappa shape index (κ1) is 17.9. The van der Waals surface area contributed by atoms with Gasteiger partial charge in [-0.15, -0.1) is 0 Å². The zero-order chi connectivity index (χ0) is 18.6. The second kappa shape index (κ2) is 8.05. The van der Waals surface area contributed by atoms with Gasteiger partial charge in [0.25, 0.3) is 0 Å². The molecule has 0 atom stereocenters. The van der Waals surface area contributed by atoms with E-state index >= 15 is 0 Å². The van der Waals surface area contributed by atoms with Crippen molar-refractivity contribution in [1.29, 1.82) is 0 Å². The fourth-order valence-corrected chi connectivity index (χ4v) is 4.18. The van der Waals surface area contributed by atoms with Crippen LogP contribution in [0.25, 0.3) is 5.57 Å². The molecule has 140 valence electrons. The molecule has 0 unspecified atom stereocenters. The first-order valence-corrected chi connectivity index (χ1v) is 9.76. The monoisotopic (exact) mass is 361 g/mol. The number of allylic oxidation sites excluding steroid dienone is 1. The molecule has 0 N–H and O–H groups in total. The normalized spacial score (nSPS) is 16.2. The molecule has 0 saturated carbocycles. The highest BCUT2D eigenvalue weighted by molar-refractivity contribution is 5.77. The van der Waals surface area contributed by atoms with Crippen LogP contribution in [0.15, 0.2) is 48.3 Å². The van der Waals surface area contributed by atoms with Crippen molar-refractivity contribution >= 4 is 5.57 Å². The van der Waals surface area contributed by atoms with Gasteiger partial charge in [0.2, 0.25) is 5.88 Å². The summed E-state index contributed by atoms with van der Waals surface area (Å²) in [4.78, 5) is 11.3. The van der Waals surface area contributed by atoms with Crippen molar-refractivity contribution in [3.05, 3.63) is 70.7 Å². The molecular weight excluding hydrogens is 334 g/mol. The van der Waals surface area contributed by atoms with Crippen LogP contribution in [-0.2, 0) is 12.8 Å². The number of benzene rings is 1. The zero-order valence-corrected chi connectivity index (χ0v) is 16.2. The topological polar surface area (TPSA) is 38.3 Å². The third kappa shape index (κ3) is 3.96. The second-order valence-electron chi connectivity index (χ2n) is 7.41. The average molecular weight is 361 g/mol. The Morgan fingerprint density at radius 2 is 1.85 bits per heavy atom. The highest BCUT2D eigenvalue weighted by Crippen LogP contribution is 2.38. The Balaban J connectivity index is 1.54. The highest BCUT2D eigenvalue weighted by atomic mass is 16.5. The molecule has 0 fully saturated rings. The van der Waals surface area contributed by atoms with Gasteiger partial charge in [-0.2, -0.15) is 0 Å². The minimum atomic E-state index is 0.643.